The lowest BCUT2D eigenvalue weighted by molar-refractivity contribution is 0.623. The van der Waals surface area contributed by atoms with Crippen LogP contribution in [0.3, 0.4) is 0 Å². The fourth-order valence-electron chi connectivity index (χ4n) is 6.99. The number of oxazole rings is 1. The highest BCUT2D eigenvalue weighted by Crippen LogP contribution is 2.47. The van der Waals surface area contributed by atoms with Crippen molar-refractivity contribution in [2.45, 2.75) is 0 Å². The number of nitrogens with zero attached hydrogens (tertiary/aromatic N) is 2. The summed E-state index contributed by atoms with van der Waals surface area (Å²) in [4.78, 5) is 7.40. The van der Waals surface area contributed by atoms with E-state index in [9.17, 15) is 0 Å². The number of fused-ring (bicyclic) bond motifs is 6. The van der Waals surface area contributed by atoms with Gasteiger partial charge in [0.05, 0.1) is 5.69 Å². The Labute approximate surface area is 257 Å². The Morgan fingerprint density at radius 2 is 1.18 bits per heavy atom. The van der Waals surface area contributed by atoms with Crippen LogP contribution in [0.1, 0.15) is 0 Å². The molecule has 0 aliphatic carbocycles. The van der Waals surface area contributed by atoms with Crippen molar-refractivity contribution in [1.29, 1.82) is 0 Å². The van der Waals surface area contributed by atoms with E-state index in [2.05, 4.69) is 108 Å². The highest BCUT2D eigenvalue weighted by Gasteiger charge is 2.24. The third-order valence-electron chi connectivity index (χ3n) is 8.99. The number of para-hydroxylation sites is 1. The third kappa shape index (κ3) is 3.57. The quantitative estimate of drug-likeness (QED) is 0.195. The number of hydrogen-bond acceptors (Lipinski definition) is 4. The lowest BCUT2D eigenvalue weighted by Gasteiger charge is -2.26. The Balaban J connectivity index is 1.27. The second-order valence-electron chi connectivity index (χ2n) is 11.6. The van der Waals surface area contributed by atoms with Gasteiger partial charge in [-0.3, -0.25) is 0 Å². The zero-order valence-corrected chi connectivity index (χ0v) is 24.1. The number of aromatic nitrogens is 1. The summed E-state index contributed by atoms with van der Waals surface area (Å²) in [5.41, 5.74) is 7.33. The minimum Gasteiger partial charge on any atom is -0.456 e. The molecule has 0 unspecified atom stereocenters. The molecule has 0 fully saturated rings. The molecule has 8 aromatic carbocycles. The zero-order valence-electron chi connectivity index (χ0n) is 24.1. The molecule has 4 nitrogen and oxygen atoms in total. The van der Waals surface area contributed by atoms with Crippen molar-refractivity contribution in [3.8, 4) is 11.5 Å². The molecule has 10 aromatic rings. The molecular formula is C41H24N2O2. The average molecular weight is 577 g/mol. The van der Waals surface area contributed by atoms with Crippen molar-refractivity contribution in [2.24, 2.45) is 0 Å². The summed E-state index contributed by atoms with van der Waals surface area (Å²) in [7, 11) is 0. The highest BCUT2D eigenvalue weighted by atomic mass is 16.3. The lowest BCUT2D eigenvalue weighted by atomic mass is 9.99. The van der Waals surface area contributed by atoms with Crippen LogP contribution in [-0.2, 0) is 0 Å². The van der Waals surface area contributed by atoms with E-state index in [0.717, 1.165) is 66.4 Å². The van der Waals surface area contributed by atoms with Gasteiger partial charge in [-0.25, -0.2) is 4.98 Å². The molecule has 0 amide bonds. The molecule has 0 atom stereocenters. The molecule has 10 rings (SSSR count). The molecule has 0 aliphatic rings. The molecule has 0 N–H and O–H groups in total. The maximum Gasteiger partial charge on any atom is 0.227 e. The first-order chi connectivity index (χ1) is 22.3. The smallest absolute Gasteiger partial charge is 0.227 e. The largest absolute Gasteiger partial charge is 0.456 e. The summed E-state index contributed by atoms with van der Waals surface area (Å²) in [6.07, 6.45) is 0. The summed E-state index contributed by atoms with van der Waals surface area (Å²) >= 11 is 0. The Hall–Kier alpha value is -6.13. The molecule has 0 spiro atoms. The molecule has 210 valence electrons. The van der Waals surface area contributed by atoms with Crippen molar-refractivity contribution >= 4 is 82.4 Å². The normalized spacial score (nSPS) is 12.0. The van der Waals surface area contributed by atoms with Crippen molar-refractivity contribution < 1.29 is 8.83 Å². The number of anilines is 3. The van der Waals surface area contributed by atoms with Gasteiger partial charge in [-0.1, -0.05) is 91.0 Å². The van der Waals surface area contributed by atoms with E-state index in [-0.39, 0.29) is 0 Å². The van der Waals surface area contributed by atoms with Crippen LogP contribution >= 0.6 is 0 Å². The van der Waals surface area contributed by atoms with Crippen LogP contribution in [0.5, 0.6) is 0 Å². The van der Waals surface area contributed by atoms with Crippen molar-refractivity contribution in [3.05, 3.63) is 146 Å². The number of furan rings is 1. The minimum atomic E-state index is 0.611. The Morgan fingerprint density at radius 1 is 0.444 bits per heavy atom. The van der Waals surface area contributed by atoms with E-state index in [4.69, 9.17) is 13.8 Å². The minimum absolute atomic E-state index is 0.611. The van der Waals surface area contributed by atoms with E-state index in [0.29, 0.717) is 5.89 Å². The maximum absolute atomic E-state index is 6.55. The first-order valence-corrected chi connectivity index (χ1v) is 15.1. The van der Waals surface area contributed by atoms with Gasteiger partial charge in [0.15, 0.2) is 5.58 Å². The Bertz CT molecular complexity index is 2710. The highest BCUT2D eigenvalue weighted by molar-refractivity contribution is 6.32. The van der Waals surface area contributed by atoms with Gasteiger partial charge in [0.2, 0.25) is 5.89 Å². The maximum atomic E-state index is 6.55. The summed E-state index contributed by atoms with van der Waals surface area (Å²) in [6.45, 7) is 0. The molecule has 2 heterocycles. The molecule has 4 heteroatoms. The van der Waals surface area contributed by atoms with Gasteiger partial charge in [0.25, 0.3) is 0 Å². The molecular weight excluding hydrogens is 552 g/mol. The fraction of sp³-hybridized carbons (Fsp3) is 0. The van der Waals surface area contributed by atoms with Crippen LogP contribution in [0, 0.1) is 0 Å². The van der Waals surface area contributed by atoms with Crippen LogP contribution in [-0.4, -0.2) is 4.98 Å². The monoisotopic (exact) mass is 576 g/mol. The van der Waals surface area contributed by atoms with Gasteiger partial charge >= 0.3 is 0 Å². The van der Waals surface area contributed by atoms with E-state index in [1.54, 1.807) is 0 Å². The van der Waals surface area contributed by atoms with E-state index in [1.165, 1.54) is 21.5 Å². The predicted molar refractivity (Wildman–Crippen MR) is 185 cm³/mol. The van der Waals surface area contributed by atoms with E-state index >= 15 is 0 Å². The third-order valence-corrected chi connectivity index (χ3v) is 8.99. The van der Waals surface area contributed by atoms with Gasteiger partial charge in [-0.05, 0) is 70.1 Å². The molecule has 2 aromatic heterocycles. The number of hydrogen-bond donors (Lipinski definition) is 0. The van der Waals surface area contributed by atoms with Crippen LogP contribution in [0.25, 0.3) is 76.8 Å². The molecule has 0 saturated heterocycles. The van der Waals surface area contributed by atoms with Crippen LogP contribution in [0.4, 0.5) is 17.1 Å². The van der Waals surface area contributed by atoms with Crippen LogP contribution < -0.4 is 4.90 Å². The van der Waals surface area contributed by atoms with Crippen LogP contribution in [0.2, 0.25) is 0 Å². The van der Waals surface area contributed by atoms with Crippen LogP contribution in [0.15, 0.2) is 154 Å². The average Bonchev–Trinajstić information content (AvgIpc) is 3.72. The first kappa shape index (κ1) is 24.3. The van der Waals surface area contributed by atoms with Crippen molar-refractivity contribution in [2.75, 3.05) is 4.90 Å². The molecule has 0 radical (unpaired) electrons. The van der Waals surface area contributed by atoms with Gasteiger partial charge < -0.3 is 13.7 Å². The van der Waals surface area contributed by atoms with Gasteiger partial charge in [0, 0.05) is 44.5 Å². The van der Waals surface area contributed by atoms with Crippen molar-refractivity contribution in [3.63, 3.8) is 0 Å². The lowest BCUT2D eigenvalue weighted by Crippen LogP contribution is -2.09. The topological polar surface area (TPSA) is 42.4 Å². The summed E-state index contributed by atoms with van der Waals surface area (Å²) < 4.78 is 13.1. The standard InChI is InChI=1S/C41H24N2O2/c1-3-11-26(12-4-1)41-42-39-34-23-30(24-36-38(34)37-33(40(39)45-41)16-9-17-35(37)44-36)43(28-13-5-2-6-14-28)29-20-21-32-27(22-29)19-18-25-10-7-8-15-31(25)32/h1-24H. The fourth-order valence-corrected chi connectivity index (χ4v) is 6.99. The summed E-state index contributed by atoms with van der Waals surface area (Å²) in [5.74, 6) is 0.611. The second kappa shape index (κ2) is 9.18. The molecule has 45 heavy (non-hydrogen) atoms. The van der Waals surface area contributed by atoms with Crippen molar-refractivity contribution in [1.82, 2.24) is 4.98 Å². The van der Waals surface area contributed by atoms with E-state index < -0.39 is 0 Å². The SMILES string of the molecule is c1ccc(-c2nc3c4cc(N(c5ccccc5)c5ccc6c(ccc7ccccc76)c5)cc5oc6cccc(c3o2)c6c54)cc1. The Morgan fingerprint density at radius 3 is 2.07 bits per heavy atom. The van der Waals surface area contributed by atoms with Gasteiger partial charge in [0.1, 0.15) is 16.7 Å². The zero-order chi connectivity index (χ0) is 29.5. The summed E-state index contributed by atoms with van der Waals surface area (Å²) in [6, 6.07) is 50.8. The number of benzene rings is 8. The summed E-state index contributed by atoms with van der Waals surface area (Å²) in [5, 5.41) is 9.08. The second-order valence-corrected chi connectivity index (χ2v) is 11.6. The van der Waals surface area contributed by atoms with E-state index in [1.807, 2.05) is 42.5 Å². The molecule has 0 saturated carbocycles. The number of rotatable bonds is 4. The first-order valence-electron chi connectivity index (χ1n) is 15.1. The van der Waals surface area contributed by atoms with Gasteiger partial charge in [-0.2, -0.15) is 0 Å². The Kier molecular flexibility index (Phi) is 4.96. The molecule has 0 bridgehead atoms. The predicted octanol–water partition coefficient (Wildman–Crippen LogP) is 11.8. The van der Waals surface area contributed by atoms with Gasteiger partial charge in [-0.15, -0.1) is 0 Å². The molecule has 0 aliphatic heterocycles.